The third-order valence-corrected chi connectivity index (χ3v) is 2.11. The van der Waals surface area contributed by atoms with E-state index >= 15 is 0 Å². The summed E-state index contributed by atoms with van der Waals surface area (Å²) >= 11 is 0. The smallest absolute Gasteiger partial charge is 0.258 e. The van der Waals surface area contributed by atoms with Crippen LogP contribution in [0.3, 0.4) is 0 Å². The summed E-state index contributed by atoms with van der Waals surface area (Å²) in [5.74, 6) is -0.143. The molecule has 1 aromatic carbocycles. The van der Waals surface area contributed by atoms with E-state index in [0.29, 0.717) is 6.07 Å². The van der Waals surface area contributed by atoms with Crippen LogP contribution in [0.4, 0.5) is 18.9 Å². The molecule has 0 spiro atoms. The number of aromatic amines is 1. The Labute approximate surface area is 96.8 Å². The van der Waals surface area contributed by atoms with Gasteiger partial charge in [-0.05, 0) is 17.3 Å². The summed E-state index contributed by atoms with van der Waals surface area (Å²) in [6.07, 6.45) is -4.65. The number of tetrazole rings is 1. The van der Waals surface area contributed by atoms with Crippen molar-refractivity contribution in [2.75, 3.05) is 0 Å². The number of nitrogens with zero attached hydrogens (tertiary/aromatic N) is 4. The summed E-state index contributed by atoms with van der Waals surface area (Å²) in [5.41, 5.74) is -1.98. The molecule has 10 heteroatoms. The van der Waals surface area contributed by atoms with Crippen molar-refractivity contribution in [3.05, 3.63) is 33.9 Å². The van der Waals surface area contributed by atoms with Crippen LogP contribution in [0.1, 0.15) is 5.56 Å². The van der Waals surface area contributed by atoms with E-state index < -0.39 is 22.4 Å². The zero-order valence-electron chi connectivity index (χ0n) is 8.47. The number of benzene rings is 1. The van der Waals surface area contributed by atoms with Gasteiger partial charge in [0.1, 0.15) is 5.56 Å². The molecule has 0 bridgehead atoms. The van der Waals surface area contributed by atoms with Crippen molar-refractivity contribution in [2.24, 2.45) is 0 Å². The molecular weight excluding hydrogens is 255 g/mol. The molecule has 0 atom stereocenters. The quantitative estimate of drug-likeness (QED) is 0.654. The number of aromatic nitrogens is 4. The zero-order chi connectivity index (χ0) is 13.3. The first-order valence-corrected chi connectivity index (χ1v) is 4.49. The Balaban J connectivity index is 2.59. The minimum absolute atomic E-state index is 0.137. The molecule has 0 aliphatic rings. The van der Waals surface area contributed by atoms with E-state index in [1.54, 1.807) is 0 Å². The van der Waals surface area contributed by atoms with E-state index in [1.165, 1.54) is 0 Å². The monoisotopic (exact) mass is 259 g/mol. The number of rotatable bonds is 2. The number of H-pyrrole nitrogens is 1. The second-order valence-electron chi connectivity index (χ2n) is 3.22. The molecule has 2 rings (SSSR count). The van der Waals surface area contributed by atoms with Gasteiger partial charge in [0.05, 0.1) is 10.5 Å². The molecule has 0 aliphatic carbocycles. The van der Waals surface area contributed by atoms with E-state index in [1.807, 2.05) is 0 Å². The van der Waals surface area contributed by atoms with Crippen LogP contribution >= 0.6 is 0 Å². The number of halogens is 3. The van der Waals surface area contributed by atoms with Gasteiger partial charge in [0.15, 0.2) is 0 Å². The van der Waals surface area contributed by atoms with Crippen LogP contribution in [-0.4, -0.2) is 25.5 Å². The second-order valence-corrected chi connectivity index (χ2v) is 3.22. The highest BCUT2D eigenvalue weighted by Gasteiger charge is 2.33. The van der Waals surface area contributed by atoms with Gasteiger partial charge in [-0.2, -0.15) is 18.4 Å². The fraction of sp³-hybridized carbons (Fsp3) is 0.125. The van der Waals surface area contributed by atoms with Crippen LogP contribution < -0.4 is 0 Å². The Morgan fingerprint density at radius 1 is 1.33 bits per heavy atom. The largest absolute Gasteiger partial charge is 0.416 e. The van der Waals surface area contributed by atoms with E-state index in [-0.39, 0.29) is 11.4 Å². The van der Waals surface area contributed by atoms with Crippen LogP contribution in [0.2, 0.25) is 0 Å². The molecule has 0 amide bonds. The van der Waals surface area contributed by atoms with E-state index in [2.05, 4.69) is 20.6 Å². The van der Waals surface area contributed by atoms with Crippen LogP contribution in [0, 0.1) is 10.1 Å². The molecule has 18 heavy (non-hydrogen) atoms. The van der Waals surface area contributed by atoms with E-state index in [4.69, 9.17) is 0 Å². The summed E-state index contributed by atoms with van der Waals surface area (Å²) in [7, 11) is 0. The molecule has 1 heterocycles. The maximum absolute atomic E-state index is 12.4. The molecule has 7 nitrogen and oxygen atoms in total. The maximum atomic E-state index is 12.4. The van der Waals surface area contributed by atoms with Gasteiger partial charge in [-0.3, -0.25) is 10.1 Å². The molecule has 0 saturated heterocycles. The van der Waals surface area contributed by atoms with Crippen molar-refractivity contribution in [1.82, 2.24) is 20.6 Å². The Kier molecular flexibility index (Phi) is 2.69. The minimum Gasteiger partial charge on any atom is -0.258 e. The van der Waals surface area contributed by atoms with Crippen LogP contribution in [0.25, 0.3) is 11.4 Å². The van der Waals surface area contributed by atoms with Gasteiger partial charge in [0.2, 0.25) is 5.82 Å². The lowest BCUT2D eigenvalue weighted by molar-refractivity contribution is -0.384. The molecular formula is C8H4F3N5O2. The Morgan fingerprint density at radius 2 is 2.06 bits per heavy atom. The predicted molar refractivity (Wildman–Crippen MR) is 51.3 cm³/mol. The number of hydrogen-bond donors (Lipinski definition) is 1. The van der Waals surface area contributed by atoms with Crippen molar-refractivity contribution in [3.8, 4) is 11.4 Å². The first kappa shape index (κ1) is 12.0. The van der Waals surface area contributed by atoms with Crippen molar-refractivity contribution < 1.29 is 18.1 Å². The Bertz CT molecular complexity index is 581. The van der Waals surface area contributed by atoms with Gasteiger partial charge < -0.3 is 0 Å². The Hall–Kier alpha value is -2.52. The van der Waals surface area contributed by atoms with Crippen molar-refractivity contribution in [1.29, 1.82) is 0 Å². The summed E-state index contributed by atoms with van der Waals surface area (Å²) < 4.78 is 37.3. The normalized spacial score (nSPS) is 11.5. The summed E-state index contributed by atoms with van der Waals surface area (Å²) in [5, 5.41) is 23.0. The third kappa shape index (κ3) is 2.12. The lowest BCUT2D eigenvalue weighted by Crippen LogP contribution is -2.06. The molecule has 0 saturated carbocycles. The molecule has 0 fully saturated rings. The maximum Gasteiger partial charge on any atom is 0.416 e. The van der Waals surface area contributed by atoms with E-state index in [9.17, 15) is 23.3 Å². The van der Waals surface area contributed by atoms with Crippen LogP contribution in [0.5, 0.6) is 0 Å². The van der Waals surface area contributed by atoms with Crippen molar-refractivity contribution in [2.45, 2.75) is 6.18 Å². The number of nitro benzene ring substituents is 1. The predicted octanol–water partition coefficient (Wildman–Crippen LogP) is 1.79. The second kappa shape index (κ2) is 4.05. The lowest BCUT2D eigenvalue weighted by atomic mass is 10.1. The number of alkyl halides is 3. The molecule has 2 aromatic rings. The first-order chi connectivity index (χ1) is 8.39. The lowest BCUT2D eigenvalue weighted by Gasteiger charge is -2.07. The van der Waals surface area contributed by atoms with Gasteiger partial charge in [-0.25, -0.2) is 0 Å². The third-order valence-electron chi connectivity index (χ3n) is 2.11. The average Bonchev–Trinajstić information content (AvgIpc) is 2.80. The number of hydrogen-bond acceptors (Lipinski definition) is 5. The topological polar surface area (TPSA) is 97.6 Å². The van der Waals surface area contributed by atoms with Gasteiger partial charge >= 0.3 is 6.18 Å². The fourth-order valence-corrected chi connectivity index (χ4v) is 1.32. The fourth-order valence-electron chi connectivity index (χ4n) is 1.32. The SMILES string of the molecule is O=[N+]([O-])c1cc(C(F)(F)F)ccc1-c1nn[nH]n1. The van der Waals surface area contributed by atoms with Crippen molar-refractivity contribution >= 4 is 5.69 Å². The highest BCUT2D eigenvalue weighted by atomic mass is 19.4. The van der Waals surface area contributed by atoms with Gasteiger partial charge in [-0.1, -0.05) is 0 Å². The summed E-state index contributed by atoms with van der Waals surface area (Å²) in [6.45, 7) is 0. The molecule has 1 aromatic heterocycles. The van der Waals surface area contributed by atoms with Crippen molar-refractivity contribution in [3.63, 3.8) is 0 Å². The van der Waals surface area contributed by atoms with Gasteiger partial charge in [0, 0.05) is 6.07 Å². The standard InChI is InChI=1S/C8H4F3N5O2/c9-8(10,11)4-1-2-5(6(3-4)16(17)18)7-12-14-15-13-7/h1-3H,(H,12,13,14,15). The van der Waals surface area contributed by atoms with E-state index in [0.717, 1.165) is 12.1 Å². The first-order valence-electron chi connectivity index (χ1n) is 4.49. The highest BCUT2D eigenvalue weighted by Crippen LogP contribution is 2.35. The van der Waals surface area contributed by atoms with Crippen LogP contribution in [-0.2, 0) is 6.18 Å². The van der Waals surface area contributed by atoms with Crippen LogP contribution in [0.15, 0.2) is 18.2 Å². The molecule has 94 valence electrons. The highest BCUT2D eigenvalue weighted by molar-refractivity contribution is 5.68. The molecule has 1 N–H and O–H groups in total. The summed E-state index contributed by atoms with van der Waals surface area (Å²) in [6, 6.07) is 2.09. The average molecular weight is 259 g/mol. The molecule has 0 radical (unpaired) electrons. The minimum atomic E-state index is -4.65. The zero-order valence-corrected chi connectivity index (χ0v) is 8.47. The number of nitrogens with one attached hydrogen (secondary N) is 1. The number of nitro groups is 1. The Morgan fingerprint density at radius 3 is 2.56 bits per heavy atom. The van der Waals surface area contributed by atoms with Gasteiger partial charge in [0.25, 0.3) is 5.69 Å². The molecule has 0 aliphatic heterocycles. The van der Waals surface area contributed by atoms with Gasteiger partial charge in [-0.15, -0.1) is 10.2 Å². The summed E-state index contributed by atoms with van der Waals surface area (Å²) in [4.78, 5) is 9.82. The molecule has 0 unspecified atom stereocenters.